The normalized spacial score (nSPS) is 26.9. The van der Waals surface area contributed by atoms with E-state index in [0.717, 1.165) is 44.7 Å². The van der Waals surface area contributed by atoms with Crippen LogP contribution in [0.15, 0.2) is 0 Å². The smallest absolute Gasteiger partial charge is 0.133 e. The predicted molar refractivity (Wildman–Crippen MR) is 91.9 cm³/mol. The first-order valence-electron chi connectivity index (χ1n) is 9.13. The summed E-state index contributed by atoms with van der Waals surface area (Å²) >= 11 is 0. The van der Waals surface area contributed by atoms with Crippen LogP contribution in [-0.2, 0) is 9.59 Å². The summed E-state index contributed by atoms with van der Waals surface area (Å²) in [5.74, 6) is 2.46. The molecule has 0 amide bonds. The third kappa shape index (κ3) is 7.04. The fourth-order valence-electron chi connectivity index (χ4n) is 3.68. The highest BCUT2D eigenvalue weighted by Crippen LogP contribution is 2.31. The van der Waals surface area contributed by atoms with Crippen LogP contribution in [0, 0.1) is 17.8 Å². The summed E-state index contributed by atoms with van der Waals surface area (Å²) in [5, 5.41) is 0. The molecule has 0 radical (unpaired) electrons. The second-order valence-electron chi connectivity index (χ2n) is 7.31. The Kier molecular flexibility index (Phi) is 8.92. The van der Waals surface area contributed by atoms with Crippen molar-refractivity contribution in [1.29, 1.82) is 0 Å². The molecule has 0 spiro atoms. The van der Waals surface area contributed by atoms with Crippen LogP contribution >= 0.6 is 0 Å². The molecule has 128 valence electrons. The second kappa shape index (κ2) is 10.1. The van der Waals surface area contributed by atoms with Crippen LogP contribution in [0.1, 0.15) is 72.1 Å². The zero-order chi connectivity index (χ0) is 16.5. The van der Waals surface area contributed by atoms with Gasteiger partial charge < -0.3 is 4.90 Å². The van der Waals surface area contributed by atoms with Gasteiger partial charge in [-0.25, -0.2) is 0 Å². The van der Waals surface area contributed by atoms with Gasteiger partial charge in [0.05, 0.1) is 0 Å². The fourth-order valence-corrected chi connectivity index (χ4v) is 3.68. The molecule has 3 nitrogen and oxygen atoms in total. The summed E-state index contributed by atoms with van der Waals surface area (Å²) < 4.78 is 0. The van der Waals surface area contributed by atoms with E-state index in [1.165, 1.54) is 25.7 Å². The van der Waals surface area contributed by atoms with E-state index < -0.39 is 0 Å². The lowest BCUT2D eigenvalue weighted by atomic mass is 9.79. The molecular weight excluding hydrogens is 274 g/mol. The van der Waals surface area contributed by atoms with Gasteiger partial charge in [-0.2, -0.15) is 0 Å². The summed E-state index contributed by atoms with van der Waals surface area (Å²) in [4.78, 5) is 24.2. The standard InChI is InChI=1S/C11H20O.C8H15NO/c1-3-4-10-5-7-11(8-6-10)9(2)12;1-7(10)8-3-5-9(2)6-4-8/h10-11H,3-8H2,1-2H3;8H,3-6H2,1-2H3. The highest BCUT2D eigenvalue weighted by molar-refractivity contribution is 5.78. The number of carbonyl (C=O) groups is 2. The number of nitrogens with zero attached hydrogens (tertiary/aromatic N) is 1. The lowest BCUT2D eigenvalue weighted by Crippen LogP contribution is -2.32. The second-order valence-corrected chi connectivity index (χ2v) is 7.31. The number of ketones is 2. The van der Waals surface area contributed by atoms with Crippen LogP contribution in [0.3, 0.4) is 0 Å². The highest BCUT2D eigenvalue weighted by Gasteiger charge is 2.23. The van der Waals surface area contributed by atoms with E-state index >= 15 is 0 Å². The Balaban J connectivity index is 0.000000224. The molecule has 2 fully saturated rings. The molecule has 22 heavy (non-hydrogen) atoms. The molecule has 1 heterocycles. The zero-order valence-electron chi connectivity index (χ0n) is 15.1. The fraction of sp³-hybridized carbons (Fsp3) is 0.895. The number of Topliss-reactive ketones (excluding diaryl/α,β-unsaturated/α-hetero) is 2. The Hall–Kier alpha value is -0.700. The van der Waals surface area contributed by atoms with E-state index in [9.17, 15) is 9.59 Å². The van der Waals surface area contributed by atoms with Crippen LogP contribution in [0.2, 0.25) is 0 Å². The van der Waals surface area contributed by atoms with E-state index in [1.807, 2.05) is 0 Å². The van der Waals surface area contributed by atoms with Crippen LogP contribution in [0.25, 0.3) is 0 Å². The summed E-state index contributed by atoms with van der Waals surface area (Å²) in [7, 11) is 2.11. The molecular formula is C19H35NO2. The summed E-state index contributed by atoms with van der Waals surface area (Å²) in [5.41, 5.74) is 0. The van der Waals surface area contributed by atoms with Crippen molar-refractivity contribution in [3.05, 3.63) is 0 Å². The zero-order valence-corrected chi connectivity index (χ0v) is 15.1. The SMILES string of the molecule is CC(=O)C1CCN(C)CC1.CCCC1CCC(C(C)=O)CC1. The predicted octanol–water partition coefficient (Wildman–Crippen LogP) is 4.10. The maximum atomic E-state index is 11.1. The number of hydrogen-bond acceptors (Lipinski definition) is 3. The van der Waals surface area contributed by atoms with Crippen molar-refractivity contribution >= 4 is 11.6 Å². The van der Waals surface area contributed by atoms with E-state index in [4.69, 9.17) is 0 Å². The number of hydrogen-bond donors (Lipinski definition) is 0. The van der Waals surface area contributed by atoms with Gasteiger partial charge in [0, 0.05) is 11.8 Å². The van der Waals surface area contributed by atoms with Gasteiger partial charge >= 0.3 is 0 Å². The molecule has 0 aromatic rings. The summed E-state index contributed by atoms with van der Waals surface area (Å²) in [6, 6.07) is 0. The molecule has 0 aromatic heterocycles. The van der Waals surface area contributed by atoms with E-state index in [1.54, 1.807) is 13.8 Å². The van der Waals surface area contributed by atoms with Gasteiger partial charge in [-0.05, 0) is 78.4 Å². The van der Waals surface area contributed by atoms with Crippen molar-refractivity contribution in [3.8, 4) is 0 Å². The van der Waals surface area contributed by atoms with Crippen LogP contribution in [0.4, 0.5) is 0 Å². The molecule has 3 heteroatoms. The van der Waals surface area contributed by atoms with Gasteiger partial charge in [-0.1, -0.05) is 19.8 Å². The lowest BCUT2D eigenvalue weighted by molar-refractivity contribution is -0.122. The Labute approximate surface area is 136 Å². The van der Waals surface area contributed by atoms with Crippen molar-refractivity contribution in [2.45, 2.75) is 72.1 Å². The average Bonchev–Trinajstić information content (AvgIpc) is 2.49. The van der Waals surface area contributed by atoms with Crippen LogP contribution in [-0.4, -0.2) is 36.6 Å². The number of rotatable bonds is 4. The first-order chi connectivity index (χ1) is 10.4. The van der Waals surface area contributed by atoms with Crippen molar-refractivity contribution in [3.63, 3.8) is 0 Å². The Morgan fingerprint density at radius 1 is 0.864 bits per heavy atom. The van der Waals surface area contributed by atoms with Crippen molar-refractivity contribution in [2.75, 3.05) is 20.1 Å². The van der Waals surface area contributed by atoms with Crippen LogP contribution in [0.5, 0.6) is 0 Å². The number of piperidine rings is 1. The van der Waals surface area contributed by atoms with Gasteiger partial charge in [0.1, 0.15) is 11.6 Å². The number of likely N-dealkylation sites (tertiary alicyclic amines) is 1. The largest absolute Gasteiger partial charge is 0.306 e. The molecule has 2 aliphatic rings. The summed E-state index contributed by atoms with van der Waals surface area (Å²) in [6.07, 6.45) is 9.67. The maximum absolute atomic E-state index is 11.1. The first-order valence-corrected chi connectivity index (χ1v) is 9.13. The Bertz CT molecular complexity index is 337. The molecule has 1 aliphatic carbocycles. The van der Waals surface area contributed by atoms with E-state index in [2.05, 4.69) is 18.9 Å². The van der Waals surface area contributed by atoms with Gasteiger partial charge in [0.2, 0.25) is 0 Å². The highest BCUT2D eigenvalue weighted by atomic mass is 16.1. The van der Waals surface area contributed by atoms with Crippen molar-refractivity contribution in [1.82, 2.24) is 4.90 Å². The van der Waals surface area contributed by atoms with Gasteiger partial charge in [0.25, 0.3) is 0 Å². The monoisotopic (exact) mass is 309 g/mol. The van der Waals surface area contributed by atoms with Crippen molar-refractivity contribution < 1.29 is 9.59 Å². The van der Waals surface area contributed by atoms with E-state index in [-0.39, 0.29) is 0 Å². The molecule has 0 unspecified atom stereocenters. The minimum absolute atomic E-state index is 0.358. The Morgan fingerprint density at radius 2 is 1.32 bits per heavy atom. The molecule has 0 bridgehead atoms. The third-order valence-corrected chi connectivity index (χ3v) is 5.41. The molecule has 1 saturated heterocycles. The minimum Gasteiger partial charge on any atom is -0.306 e. The number of carbonyl (C=O) groups excluding carboxylic acids is 2. The first kappa shape index (κ1) is 19.3. The molecule has 1 aliphatic heterocycles. The van der Waals surface area contributed by atoms with Crippen molar-refractivity contribution in [2.24, 2.45) is 17.8 Å². The van der Waals surface area contributed by atoms with Gasteiger partial charge in [-0.3, -0.25) is 9.59 Å². The van der Waals surface area contributed by atoms with E-state index in [0.29, 0.717) is 23.4 Å². The topological polar surface area (TPSA) is 37.4 Å². The third-order valence-electron chi connectivity index (χ3n) is 5.41. The van der Waals surface area contributed by atoms with Gasteiger partial charge in [0.15, 0.2) is 0 Å². The minimum atomic E-state index is 0.358. The van der Waals surface area contributed by atoms with Crippen LogP contribution < -0.4 is 0 Å². The summed E-state index contributed by atoms with van der Waals surface area (Å²) in [6.45, 7) is 7.87. The molecule has 0 aromatic carbocycles. The quantitative estimate of drug-likeness (QED) is 0.784. The molecule has 1 saturated carbocycles. The maximum Gasteiger partial charge on any atom is 0.133 e. The lowest BCUT2D eigenvalue weighted by Gasteiger charge is -2.26. The molecule has 0 atom stereocenters. The Morgan fingerprint density at radius 3 is 1.73 bits per heavy atom. The van der Waals surface area contributed by atoms with Gasteiger partial charge in [-0.15, -0.1) is 0 Å². The average molecular weight is 309 g/mol. The molecule has 0 N–H and O–H groups in total. The molecule has 2 rings (SSSR count).